The van der Waals surface area contributed by atoms with Gasteiger partial charge in [0.25, 0.3) is 11.5 Å². The number of ether oxygens (including phenoxy) is 1. The molecular weight excluding hydrogens is 343 g/mol. The van der Waals surface area contributed by atoms with Gasteiger partial charge < -0.3 is 10.1 Å². The normalized spacial score (nSPS) is 30.4. The van der Waals surface area contributed by atoms with Crippen LogP contribution >= 0.6 is 0 Å². The first-order chi connectivity index (χ1) is 12.2. The molecule has 0 saturated heterocycles. The lowest BCUT2D eigenvalue weighted by molar-refractivity contribution is -0.266. The molecule has 1 aromatic rings. The number of halogens is 3. The van der Waals surface area contributed by atoms with E-state index < -0.39 is 17.7 Å². The number of hydrogen-bond acceptors (Lipinski definition) is 2. The maximum Gasteiger partial charge on any atom is 0.430 e. The van der Waals surface area contributed by atoms with Crippen molar-refractivity contribution in [1.82, 2.24) is 5.32 Å². The van der Waals surface area contributed by atoms with Crippen molar-refractivity contribution in [3.63, 3.8) is 0 Å². The summed E-state index contributed by atoms with van der Waals surface area (Å²) < 4.78 is 47.0. The second kappa shape index (κ2) is 6.87. The highest BCUT2D eigenvalue weighted by atomic mass is 19.4. The summed E-state index contributed by atoms with van der Waals surface area (Å²) >= 11 is 0. The highest BCUT2D eigenvalue weighted by Gasteiger charge is 2.63. The van der Waals surface area contributed by atoms with Crippen LogP contribution in [0.4, 0.5) is 13.2 Å². The van der Waals surface area contributed by atoms with Crippen molar-refractivity contribution in [3.8, 4) is 0 Å². The Kier molecular flexibility index (Phi) is 5.08. The number of rotatable bonds is 5. The quantitative estimate of drug-likeness (QED) is 0.841. The summed E-state index contributed by atoms with van der Waals surface area (Å²) in [5, 5.41) is 2.75. The summed E-state index contributed by atoms with van der Waals surface area (Å²) in [4.78, 5) is 13.0. The third-order valence-corrected chi connectivity index (χ3v) is 6.25. The number of alkyl halides is 3. The Morgan fingerprint density at radius 1 is 1.15 bits per heavy atom. The van der Waals surface area contributed by atoms with Crippen LogP contribution in [-0.4, -0.2) is 25.2 Å². The molecule has 2 aliphatic carbocycles. The summed E-state index contributed by atoms with van der Waals surface area (Å²) in [7, 11) is 0.945. The predicted molar refractivity (Wildman–Crippen MR) is 92.3 cm³/mol. The summed E-state index contributed by atoms with van der Waals surface area (Å²) in [6.07, 6.45) is -1.80. The maximum atomic E-state index is 14.0. The Hall–Kier alpha value is -1.56. The van der Waals surface area contributed by atoms with Gasteiger partial charge >= 0.3 is 6.18 Å². The van der Waals surface area contributed by atoms with Gasteiger partial charge in [0, 0.05) is 18.7 Å². The van der Waals surface area contributed by atoms with E-state index in [4.69, 9.17) is 4.74 Å². The van der Waals surface area contributed by atoms with Crippen molar-refractivity contribution in [2.24, 2.45) is 23.7 Å². The van der Waals surface area contributed by atoms with Gasteiger partial charge in [0.2, 0.25) is 0 Å². The number of amides is 1. The second-order valence-corrected chi connectivity index (χ2v) is 7.90. The molecule has 5 atom stereocenters. The van der Waals surface area contributed by atoms with Gasteiger partial charge in [-0.3, -0.25) is 4.79 Å². The van der Waals surface area contributed by atoms with E-state index in [1.165, 1.54) is 24.3 Å². The van der Waals surface area contributed by atoms with Crippen LogP contribution in [0.3, 0.4) is 0 Å². The highest BCUT2D eigenvalue weighted by Crippen LogP contribution is 2.52. The molecule has 6 heteroatoms. The Bertz CT molecular complexity index is 646. The van der Waals surface area contributed by atoms with E-state index in [9.17, 15) is 18.0 Å². The minimum Gasteiger partial charge on any atom is -0.356 e. The molecule has 3 nitrogen and oxygen atoms in total. The first kappa shape index (κ1) is 19.2. The van der Waals surface area contributed by atoms with Crippen molar-refractivity contribution in [3.05, 3.63) is 35.9 Å². The monoisotopic (exact) mass is 369 g/mol. The fraction of sp³-hybridized carbons (Fsp3) is 0.650. The number of nitrogens with one attached hydrogen (secondary N) is 1. The Balaban J connectivity index is 1.94. The van der Waals surface area contributed by atoms with Gasteiger partial charge in [-0.25, -0.2) is 0 Å². The lowest BCUT2D eigenvalue weighted by Crippen LogP contribution is -2.59. The highest BCUT2D eigenvalue weighted by molar-refractivity contribution is 5.88. The van der Waals surface area contributed by atoms with Crippen LogP contribution in [0.2, 0.25) is 0 Å². The Morgan fingerprint density at radius 3 is 2.31 bits per heavy atom. The number of carbonyl (C=O) groups excluding carboxylic acids is 1. The van der Waals surface area contributed by atoms with Crippen molar-refractivity contribution >= 4 is 5.91 Å². The molecule has 26 heavy (non-hydrogen) atoms. The number of fused-ring (bicyclic) bond motifs is 2. The largest absolute Gasteiger partial charge is 0.430 e. The molecule has 0 unspecified atom stereocenters. The molecule has 3 rings (SSSR count). The molecule has 2 bridgehead atoms. The third kappa shape index (κ3) is 2.92. The van der Waals surface area contributed by atoms with Crippen molar-refractivity contribution < 1.29 is 22.7 Å². The number of benzene rings is 1. The molecule has 2 saturated carbocycles. The van der Waals surface area contributed by atoms with E-state index in [-0.39, 0.29) is 23.4 Å². The van der Waals surface area contributed by atoms with Crippen LogP contribution in [-0.2, 0) is 15.1 Å². The number of methoxy groups -OCH3 is 1. The first-order valence-corrected chi connectivity index (χ1v) is 9.20. The number of carbonyl (C=O) groups is 1. The summed E-state index contributed by atoms with van der Waals surface area (Å²) in [6, 6.07) is 6.94. The second-order valence-electron chi connectivity index (χ2n) is 7.90. The van der Waals surface area contributed by atoms with Crippen LogP contribution in [0.1, 0.15) is 38.7 Å². The van der Waals surface area contributed by atoms with Crippen LogP contribution < -0.4 is 5.32 Å². The molecule has 144 valence electrons. The Morgan fingerprint density at radius 2 is 1.77 bits per heavy atom. The predicted octanol–water partition coefficient (Wildman–Crippen LogP) is 4.28. The lowest BCUT2D eigenvalue weighted by atomic mass is 9.77. The standard InChI is InChI=1S/C20H26F3NO2/c1-12(2)16-13-9-10-14(11-13)17(16)24-18(25)19(26-3,20(21,22)23)15-7-5-4-6-8-15/h4-8,12-14,16-17H,9-11H2,1-3H3,(H,24,25)/t13-,14+,16+,17+,19-/m1/s1. The molecule has 1 N–H and O–H groups in total. The molecule has 0 aliphatic heterocycles. The van der Waals surface area contributed by atoms with Gasteiger partial charge in [0.1, 0.15) is 0 Å². The lowest BCUT2D eigenvalue weighted by Gasteiger charge is -2.39. The molecular formula is C20H26F3NO2. The van der Waals surface area contributed by atoms with Gasteiger partial charge in [-0.2, -0.15) is 13.2 Å². The third-order valence-electron chi connectivity index (χ3n) is 6.25. The van der Waals surface area contributed by atoms with E-state index in [2.05, 4.69) is 19.2 Å². The van der Waals surface area contributed by atoms with Crippen molar-refractivity contribution in [1.29, 1.82) is 0 Å². The SMILES string of the molecule is CO[C@@](C(=O)N[C@H]1[C@H]2CC[C@H](C2)[C@@H]1C(C)C)(c1ccccc1)C(F)(F)F. The van der Waals surface area contributed by atoms with Gasteiger partial charge in [-0.1, -0.05) is 44.2 Å². The minimum absolute atomic E-state index is 0.197. The molecule has 0 heterocycles. The average Bonchev–Trinajstić information content (AvgIpc) is 3.17. The van der Waals surface area contributed by atoms with Crippen molar-refractivity contribution in [2.75, 3.05) is 7.11 Å². The zero-order valence-corrected chi connectivity index (χ0v) is 15.3. The van der Waals surface area contributed by atoms with Gasteiger partial charge in [0.05, 0.1) is 0 Å². The van der Waals surface area contributed by atoms with Gasteiger partial charge in [-0.15, -0.1) is 0 Å². The smallest absolute Gasteiger partial charge is 0.356 e. The zero-order valence-electron chi connectivity index (χ0n) is 15.3. The zero-order chi connectivity index (χ0) is 19.1. The molecule has 0 spiro atoms. The van der Waals surface area contributed by atoms with E-state index in [1.807, 2.05) is 0 Å². The van der Waals surface area contributed by atoms with Crippen LogP contribution in [0.15, 0.2) is 30.3 Å². The Labute approximate surface area is 152 Å². The fourth-order valence-electron chi connectivity index (χ4n) is 5.18. The van der Waals surface area contributed by atoms with Crippen molar-refractivity contribution in [2.45, 2.75) is 50.9 Å². The van der Waals surface area contributed by atoms with E-state index >= 15 is 0 Å². The first-order valence-electron chi connectivity index (χ1n) is 9.20. The van der Waals surface area contributed by atoms with Crippen LogP contribution in [0.25, 0.3) is 0 Å². The molecule has 0 radical (unpaired) electrons. The molecule has 2 aliphatic rings. The topological polar surface area (TPSA) is 38.3 Å². The minimum atomic E-state index is -4.86. The molecule has 2 fully saturated rings. The maximum absolute atomic E-state index is 14.0. The van der Waals surface area contributed by atoms with Crippen LogP contribution in [0.5, 0.6) is 0 Å². The molecule has 1 aromatic carbocycles. The summed E-state index contributed by atoms with van der Waals surface area (Å²) in [5.41, 5.74) is -3.19. The fourth-order valence-corrected chi connectivity index (χ4v) is 5.18. The van der Waals surface area contributed by atoms with Gasteiger partial charge in [0.15, 0.2) is 0 Å². The molecule has 1 amide bonds. The van der Waals surface area contributed by atoms with E-state index in [0.29, 0.717) is 11.8 Å². The average molecular weight is 369 g/mol. The summed E-state index contributed by atoms with van der Waals surface area (Å²) in [6.45, 7) is 4.16. The van der Waals surface area contributed by atoms with Crippen LogP contribution in [0, 0.1) is 23.7 Å². The van der Waals surface area contributed by atoms with Gasteiger partial charge in [-0.05, 0) is 42.9 Å². The summed E-state index contributed by atoms with van der Waals surface area (Å²) in [5.74, 6) is 0.174. The van der Waals surface area contributed by atoms with E-state index in [1.54, 1.807) is 6.07 Å². The number of hydrogen-bond donors (Lipinski definition) is 1. The molecule has 0 aromatic heterocycles. The van der Waals surface area contributed by atoms with E-state index in [0.717, 1.165) is 26.4 Å².